The van der Waals surface area contributed by atoms with Crippen LogP contribution in [0.3, 0.4) is 0 Å². The molecule has 5 nitrogen and oxygen atoms in total. The van der Waals surface area contributed by atoms with Crippen molar-refractivity contribution in [1.82, 2.24) is 4.90 Å². The molecule has 1 aliphatic heterocycles. The summed E-state index contributed by atoms with van der Waals surface area (Å²) in [6, 6.07) is 6.29. The molecule has 0 bridgehead atoms. The van der Waals surface area contributed by atoms with Crippen LogP contribution in [0, 0.1) is 5.92 Å². The molecule has 3 rings (SSSR count). The zero-order chi connectivity index (χ0) is 15.3. The number of likely N-dealkylation sites (tertiary alicyclic amines) is 1. The molecule has 0 radical (unpaired) electrons. The minimum atomic E-state index is -3.43. The number of β-amino-alcohol motifs (C(OH)–C–C–N with tert-alkyl or cyclic N) is 1. The van der Waals surface area contributed by atoms with Crippen molar-refractivity contribution < 1.29 is 18.3 Å². The second kappa shape index (κ2) is 4.81. The van der Waals surface area contributed by atoms with E-state index in [9.17, 15) is 18.3 Å². The number of nitrogens with zero attached hydrogens (tertiary/aromatic N) is 1. The highest BCUT2D eigenvalue weighted by Crippen LogP contribution is 2.44. The molecule has 2 fully saturated rings. The number of carbonyl (C=O) groups excluding carboxylic acids is 1. The van der Waals surface area contributed by atoms with Crippen LogP contribution in [0.2, 0.25) is 0 Å². The average Bonchev–Trinajstić information content (AvgIpc) is 3.28. The van der Waals surface area contributed by atoms with Gasteiger partial charge in [-0.2, -0.15) is 0 Å². The van der Waals surface area contributed by atoms with Gasteiger partial charge in [-0.1, -0.05) is 19.1 Å². The lowest BCUT2D eigenvalue weighted by Crippen LogP contribution is -2.64. The highest BCUT2D eigenvalue weighted by atomic mass is 32.2. The molecule has 0 unspecified atom stereocenters. The molecule has 0 spiro atoms. The van der Waals surface area contributed by atoms with Gasteiger partial charge in [0, 0.05) is 0 Å². The smallest absolute Gasteiger partial charge is 0.255 e. The summed E-state index contributed by atoms with van der Waals surface area (Å²) in [7, 11) is -3.43. The van der Waals surface area contributed by atoms with Gasteiger partial charge in [-0.25, -0.2) is 8.42 Å². The van der Waals surface area contributed by atoms with Gasteiger partial charge in [-0.3, -0.25) is 4.79 Å². The zero-order valence-electron chi connectivity index (χ0n) is 11.9. The Bertz CT molecular complexity index is 673. The van der Waals surface area contributed by atoms with Crippen LogP contribution in [-0.2, 0) is 9.84 Å². The second-order valence-corrected chi connectivity index (χ2v) is 8.19. The number of amides is 1. The molecule has 114 valence electrons. The molecule has 0 atom stereocenters. The summed E-state index contributed by atoms with van der Waals surface area (Å²) in [5.74, 6) is -0.0485. The van der Waals surface area contributed by atoms with Crippen molar-refractivity contribution in [3.8, 4) is 0 Å². The lowest BCUT2D eigenvalue weighted by molar-refractivity contribution is -0.0959. The van der Waals surface area contributed by atoms with Crippen LogP contribution in [0.5, 0.6) is 0 Å². The molecule has 1 aromatic carbocycles. The predicted octanol–water partition coefficient (Wildman–Crippen LogP) is 1.08. The fraction of sp³-hybridized carbons (Fsp3) is 0.533. The second-order valence-electron chi connectivity index (χ2n) is 5.94. The summed E-state index contributed by atoms with van der Waals surface area (Å²) in [6.07, 6.45) is 2.03. The Morgan fingerprint density at radius 3 is 2.52 bits per heavy atom. The van der Waals surface area contributed by atoms with Crippen LogP contribution in [0.25, 0.3) is 0 Å². The molecule has 0 aromatic heterocycles. The first-order valence-corrected chi connectivity index (χ1v) is 8.86. The van der Waals surface area contributed by atoms with E-state index < -0.39 is 15.4 Å². The lowest BCUT2D eigenvalue weighted by atomic mass is 9.88. The van der Waals surface area contributed by atoms with E-state index >= 15 is 0 Å². The van der Waals surface area contributed by atoms with Crippen LogP contribution >= 0.6 is 0 Å². The molecule has 1 aromatic rings. The van der Waals surface area contributed by atoms with E-state index in [1.165, 1.54) is 11.0 Å². The quantitative estimate of drug-likeness (QED) is 0.903. The topological polar surface area (TPSA) is 74.7 Å². The van der Waals surface area contributed by atoms with Gasteiger partial charge in [-0.05, 0) is 30.9 Å². The zero-order valence-corrected chi connectivity index (χ0v) is 12.8. The van der Waals surface area contributed by atoms with E-state index in [4.69, 9.17) is 0 Å². The Labute approximate surface area is 124 Å². The Kier molecular flexibility index (Phi) is 3.33. The van der Waals surface area contributed by atoms with Crippen molar-refractivity contribution in [3.05, 3.63) is 29.8 Å². The molecule has 6 heteroatoms. The monoisotopic (exact) mass is 309 g/mol. The van der Waals surface area contributed by atoms with Crippen molar-refractivity contribution in [1.29, 1.82) is 0 Å². The number of carbonyl (C=O) groups is 1. The van der Waals surface area contributed by atoms with Crippen LogP contribution in [-0.4, -0.2) is 48.8 Å². The van der Waals surface area contributed by atoms with Gasteiger partial charge in [-0.15, -0.1) is 0 Å². The average molecular weight is 309 g/mol. The SMILES string of the molecule is CCS(=O)(=O)c1ccccc1C(=O)N1CC(O)(C2CC2)C1. The molecule has 21 heavy (non-hydrogen) atoms. The molecule has 2 aliphatic rings. The minimum Gasteiger partial charge on any atom is -0.386 e. The minimum absolute atomic E-state index is 0.0384. The van der Waals surface area contributed by atoms with Gasteiger partial charge >= 0.3 is 0 Å². The number of hydrogen-bond donors (Lipinski definition) is 1. The highest BCUT2D eigenvalue weighted by Gasteiger charge is 2.53. The number of sulfone groups is 1. The van der Waals surface area contributed by atoms with Gasteiger partial charge in [0.15, 0.2) is 9.84 Å². The van der Waals surface area contributed by atoms with E-state index in [2.05, 4.69) is 0 Å². The molecule has 1 N–H and O–H groups in total. The highest BCUT2D eigenvalue weighted by molar-refractivity contribution is 7.91. The predicted molar refractivity (Wildman–Crippen MR) is 77.7 cm³/mol. The van der Waals surface area contributed by atoms with Crippen molar-refractivity contribution in [2.75, 3.05) is 18.8 Å². The summed E-state index contributed by atoms with van der Waals surface area (Å²) >= 11 is 0. The number of benzene rings is 1. The van der Waals surface area contributed by atoms with E-state index in [-0.39, 0.29) is 22.1 Å². The molecular weight excluding hydrogens is 290 g/mol. The molecular formula is C15H19NO4S. The Balaban J connectivity index is 1.83. The summed E-state index contributed by atoms with van der Waals surface area (Å²) in [5.41, 5.74) is -0.550. The molecule has 1 saturated carbocycles. The molecule has 1 aliphatic carbocycles. The van der Waals surface area contributed by atoms with Gasteiger partial charge in [0.25, 0.3) is 5.91 Å². The van der Waals surface area contributed by atoms with Crippen molar-refractivity contribution in [2.24, 2.45) is 5.92 Å². The Morgan fingerprint density at radius 2 is 1.95 bits per heavy atom. The molecule has 1 saturated heterocycles. The van der Waals surface area contributed by atoms with Crippen molar-refractivity contribution in [2.45, 2.75) is 30.3 Å². The van der Waals surface area contributed by atoms with Gasteiger partial charge < -0.3 is 10.0 Å². The van der Waals surface area contributed by atoms with Gasteiger partial charge in [0.1, 0.15) is 5.60 Å². The summed E-state index contributed by atoms with van der Waals surface area (Å²) in [4.78, 5) is 14.1. The molecule has 1 heterocycles. The summed E-state index contributed by atoms with van der Waals surface area (Å²) in [6.45, 7) is 2.17. The van der Waals surface area contributed by atoms with Gasteiger partial charge in [0.05, 0.1) is 29.3 Å². The third-order valence-corrected chi connectivity index (χ3v) is 6.17. The number of aliphatic hydroxyl groups is 1. The van der Waals surface area contributed by atoms with E-state index in [0.717, 1.165) is 12.8 Å². The van der Waals surface area contributed by atoms with Crippen molar-refractivity contribution >= 4 is 15.7 Å². The molecule has 1 amide bonds. The maximum Gasteiger partial charge on any atom is 0.255 e. The van der Waals surface area contributed by atoms with E-state index in [0.29, 0.717) is 19.0 Å². The van der Waals surface area contributed by atoms with E-state index in [1.807, 2.05) is 0 Å². The largest absolute Gasteiger partial charge is 0.386 e. The van der Waals surface area contributed by atoms with Crippen LogP contribution < -0.4 is 0 Å². The van der Waals surface area contributed by atoms with Crippen LogP contribution in [0.1, 0.15) is 30.1 Å². The third kappa shape index (κ3) is 2.46. The third-order valence-electron chi connectivity index (χ3n) is 4.39. The number of hydrogen-bond acceptors (Lipinski definition) is 4. The summed E-state index contributed by atoms with van der Waals surface area (Å²) in [5, 5.41) is 10.3. The van der Waals surface area contributed by atoms with Gasteiger partial charge in [0.2, 0.25) is 0 Å². The normalized spacial score (nSPS) is 21.0. The maximum atomic E-state index is 12.5. The van der Waals surface area contributed by atoms with Crippen molar-refractivity contribution in [3.63, 3.8) is 0 Å². The maximum absolute atomic E-state index is 12.5. The fourth-order valence-corrected chi connectivity index (χ4v) is 3.96. The first-order valence-electron chi connectivity index (χ1n) is 7.21. The lowest BCUT2D eigenvalue weighted by Gasteiger charge is -2.47. The summed E-state index contributed by atoms with van der Waals surface area (Å²) < 4.78 is 24.2. The Morgan fingerprint density at radius 1 is 1.33 bits per heavy atom. The first-order chi connectivity index (χ1) is 9.87. The number of rotatable bonds is 4. The Hall–Kier alpha value is -1.40. The first kappa shape index (κ1) is 14.5. The van der Waals surface area contributed by atoms with Crippen LogP contribution in [0.4, 0.5) is 0 Å². The standard InChI is InChI=1S/C15H19NO4S/c1-2-21(19,20)13-6-4-3-5-12(13)14(17)16-9-15(18,10-16)11-7-8-11/h3-6,11,18H,2,7-10H2,1H3. The van der Waals surface area contributed by atoms with E-state index in [1.54, 1.807) is 25.1 Å². The van der Waals surface area contributed by atoms with Crippen LogP contribution in [0.15, 0.2) is 29.2 Å². The fourth-order valence-electron chi connectivity index (χ4n) is 2.88.